The van der Waals surface area contributed by atoms with Gasteiger partial charge >= 0.3 is 50.5 Å². The first kappa shape index (κ1) is 42.5. The zero-order valence-electron chi connectivity index (χ0n) is 25.6. The van der Waals surface area contributed by atoms with Gasteiger partial charge in [0.15, 0.2) is 0 Å². The molecular formula is C26H29ClI5N12O4-. The molecular weight excluding hydrogens is 1210 g/mol. The number of carbonyl (C=O) groups is 2. The zero-order valence-corrected chi connectivity index (χ0v) is 37.1. The second-order valence-electron chi connectivity index (χ2n) is 9.04. The van der Waals surface area contributed by atoms with Crippen LogP contribution in [0.2, 0.25) is 0 Å². The fourth-order valence-electron chi connectivity index (χ4n) is 3.78. The van der Waals surface area contributed by atoms with Crippen LogP contribution in [0.1, 0.15) is 32.2 Å². The molecule has 16 nitrogen and oxygen atoms in total. The van der Waals surface area contributed by atoms with Gasteiger partial charge in [-0.25, -0.2) is 19.9 Å². The number of carbonyl (C=O) groups excluding carboxylic acids is 2. The van der Waals surface area contributed by atoms with Gasteiger partial charge in [-0.05, 0) is 37.6 Å². The minimum atomic E-state index is -0.534. The number of rotatable bonds is 7. The molecule has 0 aliphatic rings. The van der Waals surface area contributed by atoms with Crippen molar-refractivity contribution < 1.29 is 31.9 Å². The van der Waals surface area contributed by atoms with Crippen LogP contribution < -0.4 is 34.1 Å². The third-order valence-corrected chi connectivity index (χ3v) is 6.30. The molecule has 5 N–H and O–H groups in total. The number of aromatic nitrogens is 8. The van der Waals surface area contributed by atoms with Crippen LogP contribution >= 0.6 is 86.1 Å². The van der Waals surface area contributed by atoms with Crippen molar-refractivity contribution >= 4 is 131 Å². The second kappa shape index (κ2) is 22.9. The molecule has 0 radical (unpaired) electrons. The monoisotopic (exact) mass is 1240 g/mol. The van der Waals surface area contributed by atoms with Gasteiger partial charge < -0.3 is 39.9 Å². The van der Waals surface area contributed by atoms with Crippen molar-refractivity contribution in [1.82, 2.24) is 45.5 Å². The summed E-state index contributed by atoms with van der Waals surface area (Å²) in [6.45, 7) is 4.07. The standard InChI is InChI=1S/C13H14N6O2.C8H11N5.C5H4ClNO2.I3.I2/c1-8-10(5-18-21-8)13(20)17-7-19(2)12-9-3-4-14-11(9)15-6-16-12;1-13(4-9)8-6-2-3-10-7(6)11-5-12-8;1-3-4(5(6)8)2-7-9-3;1-3-2;1-2/h3-6H,7H2,1-2H3,(H,17,20)(H,14,15,16);2-3,5H,4,9H2,1H3,(H,10,11,12);2H,1H3;;/q;;;-1;. The number of nitrogens with two attached hydrogens (primary N) is 1. The number of aryl methyl sites for hydroxylation is 2. The average molecular weight is 1240 g/mol. The summed E-state index contributed by atoms with van der Waals surface area (Å²) in [6, 6.07) is 3.84. The van der Waals surface area contributed by atoms with Crippen molar-refractivity contribution in [2.75, 3.05) is 37.2 Å². The number of aromatic amines is 2. The van der Waals surface area contributed by atoms with Gasteiger partial charge in [-0.1, -0.05) is 10.3 Å². The summed E-state index contributed by atoms with van der Waals surface area (Å²) in [7, 11) is 3.74. The van der Waals surface area contributed by atoms with Crippen molar-refractivity contribution in [2.45, 2.75) is 13.8 Å². The van der Waals surface area contributed by atoms with Crippen molar-refractivity contribution in [3.63, 3.8) is 0 Å². The molecule has 260 valence electrons. The SMILES string of the molecule is CN(CN)c1ncnc2[nH]ccc12.Cc1oncc1C(=O)Cl.Cc1oncc1C(=O)NCN(C)c1ncnc2[nH]ccc12.II.I[I-]I. The van der Waals surface area contributed by atoms with Gasteiger partial charge in [-0.3, -0.25) is 9.59 Å². The number of nitrogens with one attached hydrogen (secondary N) is 3. The zero-order chi connectivity index (χ0) is 35.6. The Morgan fingerprint density at radius 2 is 1.33 bits per heavy atom. The Morgan fingerprint density at radius 3 is 1.73 bits per heavy atom. The van der Waals surface area contributed by atoms with E-state index in [1.54, 1.807) is 20.0 Å². The number of nitrogens with zero attached hydrogens (tertiary/aromatic N) is 8. The molecule has 1 amide bonds. The van der Waals surface area contributed by atoms with Gasteiger partial charge in [-0.2, -0.15) is 0 Å². The van der Waals surface area contributed by atoms with Crippen LogP contribution in [-0.4, -0.2) is 78.8 Å². The summed E-state index contributed by atoms with van der Waals surface area (Å²) in [5.41, 5.74) is 7.87. The molecule has 0 aliphatic heterocycles. The maximum atomic E-state index is 12.0. The summed E-state index contributed by atoms with van der Waals surface area (Å²) < 4.78 is 9.45. The van der Waals surface area contributed by atoms with Crippen molar-refractivity contribution in [3.05, 3.63) is 72.2 Å². The molecule has 0 unspecified atom stereocenters. The topological polar surface area (TPSA) is 214 Å². The average Bonchev–Trinajstić information content (AvgIpc) is 3.92. The van der Waals surface area contributed by atoms with E-state index in [-0.39, 0.29) is 5.91 Å². The minimum absolute atomic E-state index is 0.236. The van der Waals surface area contributed by atoms with E-state index in [2.05, 4.69) is 125 Å². The van der Waals surface area contributed by atoms with E-state index in [4.69, 9.17) is 21.9 Å². The first-order valence-corrected chi connectivity index (χ1v) is 32.4. The molecule has 6 aromatic heterocycles. The predicted octanol–water partition coefficient (Wildman–Crippen LogP) is 3.30. The van der Waals surface area contributed by atoms with E-state index in [9.17, 15) is 9.59 Å². The molecule has 0 fully saturated rings. The fraction of sp³-hybridized carbons (Fsp3) is 0.231. The van der Waals surface area contributed by atoms with Crippen LogP contribution in [0.15, 0.2) is 58.6 Å². The van der Waals surface area contributed by atoms with Crippen LogP contribution in [0, 0.1) is 13.8 Å². The molecule has 6 aromatic rings. The van der Waals surface area contributed by atoms with Gasteiger partial charge in [0.25, 0.3) is 11.1 Å². The summed E-state index contributed by atoms with van der Waals surface area (Å²) in [5.74, 6) is 2.30. The molecule has 6 heterocycles. The van der Waals surface area contributed by atoms with Crippen molar-refractivity contribution in [3.8, 4) is 0 Å². The molecule has 0 atom stereocenters. The Bertz CT molecular complexity index is 1850. The first-order valence-electron chi connectivity index (χ1n) is 13.1. The van der Waals surface area contributed by atoms with E-state index in [0.717, 1.165) is 33.7 Å². The Kier molecular flexibility index (Phi) is 20.3. The third-order valence-electron chi connectivity index (χ3n) is 6.10. The second-order valence-corrected chi connectivity index (χ2v) is 25.6. The van der Waals surface area contributed by atoms with E-state index in [0.29, 0.717) is 49.2 Å². The van der Waals surface area contributed by atoms with Gasteiger partial charge in [0.05, 0.1) is 42.1 Å². The molecule has 0 aliphatic carbocycles. The number of anilines is 2. The molecule has 0 bridgehead atoms. The number of amides is 1. The Hall–Kier alpha value is -1.70. The predicted molar refractivity (Wildman–Crippen MR) is 215 cm³/mol. The number of fused-ring (bicyclic) bond motifs is 2. The van der Waals surface area contributed by atoms with Gasteiger partial charge in [0, 0.05) is 63.7 Å². The molecule has 0 saturated carbocycles. The molecule has 0 saturated heterocycles. The van der Waals surface area contributed by atoms with E-state index >= 15 is 0 Å². The Labute approximate surface area is 333 Å². The molecule has 22 heteroatoms. The molecule has 6 rings (SSSR count). The summed E-state index contributed by atoms with van der Waals surface area (Å²) in [5, 5.41) is 11.1. The Morgan fingerprint density at radius 1 is 0.875 bits per heavy atom. The van der Waals surface area contributed by atoms with E-state index < -0.39 is 5.24 Å². The van der Waals surface area contributed by atoms with Crippen LogP contribution in [-0.2, 0) is 0 Å². The van der Waals surface area contributed by atoms with Crippen molar-refractivity contribution in [1.29, 1.82) is 0 Å². The molecule has 0 aromatic carbocycles. The van der Waals surface area contributed by atoms with E-state index in [1.807, 2.05) is 42.2 Å². The number of halogens is 6. The van der Waals surface area contributed by atoms with Crippen molar-refractivity contribution in [2.24, 2.45) is 5.73 Å². The Balaban J connectivity index is 0.000000253. The van der Waals surface area contributed by atoms with Gasteiger partial charge in [-0.15, -0.1) is 0 Å². The van der Waals surface area contributed by atoms with Gasteiger partial charge in [0.1, 0.15) is 52.7 Å². The van der Waals surface area contributed by atoms with Crippen LogP contribution in [0.25, 0.3) is 22.1 Å². The quantitative estimate of drug-likeness (QED) is 0.103. The summed E-state index contributed by atoms with van der Waals surface area (Å²) in [6.07, 6.45) is 9.35. The number of hydrogen-bond acceptors (Lipinski definition) is 13. The van der Waals surface area contributed by atoms with Crippen LogP contribution in [0.3, 0.4) is 0 Å². The third kappa shape index (κ3) is 12.6. The summed E-state index contributed by atoms with van der Waals surface area (Å²) in [4.78, 5) is 48.8. The number of hydrogen-bond donors (Lipinski definition) is 4. The normalized spacial score (nSPS) is 9.96. The van der Waals surface area contributed by atoms with Crippen LogP contribution in [0.5, 0.6) is 0 Å². The molecule has 0 spiro atoms. The number of H-pyrrole nitrogens is 2. The maximum absolute atomic E-state index is 12.0. The summed E-state index contributed by atoms with van der Waals surface area (Å²) >= 11 is 14.7. The van der Waals surface area contributed by atoms with E-state index in [1.165, 1.54) is 25.0 Å². The van der Waals surface area contributed by atoms with Crippen LogP contribution in [0.4, 0.5) is 11.6 Å². The fourth-order valence-corrected chi connectivity index (χ4v) is 3.96. The molecule has 48 heavy (non-hydrogen) atoms. The van der Waals surface area contributed by atoms with Gasteiger partial charge in [0.2, 0.25) is 0 Å². The first-order chi connectivity index (χ1) is 23.1.